The van der Waals surface area contributed by atoms with E-state index in [1.54, 1.807) is 0 Å². The van der Waals surface area contributed by atoms with Crippen LogP contribution in [0.15, 0.2) is 24.3 Å². The second kappa shape index (κ2) is 7.66. The van der Waals surface area contributed by atoms with Crippen molar-refractivity contribution in [2.24, 2.45) is 5.92 Å². The molecule has 0 spiro atoms. The molecule has 116 valence electrons. The first kappa shape index (κ1) is 16.1. The van der Waals surface area contributed by atoms with Crippen molar-refractivity contribution >= 4 is 24.0 Å². The first-order chi connectivity index (χ1) is 9.81. The number of hydrogen-bond donors (Lipinski definition) is 2. The van der Waals surface area contributed by atoms with Crippen LogP contribution in [0.25, 0.3) is 0 Å². The first-order valence-electron chi connectivity index (χ1n) is 7.59. The molecule has 1 aromatic rings. The third-order valence-electron chi connectivity index (χ3n) is 4.16. The van der Waals surface area contributed by atoms with Crippen molar-refractivity contribution in [1.82, 2.24) is 5.32 Å². The lowest BCUT2D eigenvalue weighted by Gasteiger charge is -2.14. The van der Waals surface area contributed by atoms with Gasteiger partial charge in [0, 0.05) is 12.2 Å². The van der Waals surface area contributed by atoms with E-state index in [1.165, 1.54) is 12.8 Å². The molecule has 3 rings (SSSR count). The normalized spacial score (nSPS) is 21.8. The predicted molar refractivity (Wildman–Crippen MR) is 86.2 cm³/mol. The van der Waals surface area contributed by atoms with Gasteiger partial charge in [-0.2, -0.15) is 0 Å². The Morgan fingerprint density at radius 2 is 1.86 bits per heavy atom. The lowest BCUT2D eigenvalue weighted by molar-refractivity contribution is -0.119. The van der Waals surface area contributed by atoms with Crippen molar-refractivity contribution in [2.45, 2.75) is 38.2 Å². The number of rotatable bonds is 4. The van der Waals surface area contributed by atoms with Gasteiger partial charge >= 0.3 is 0 Å². The number of hydrogen-bond acceptors (Lipinski definition) is 3. The molecule has 1 heterocycles. The molecule has 21 heavy (non-hydrogen) atoms. The van der Waals surface area contributed by atoms with Crippen LogP contribution < -0.4 is 15.4 Å². The fourth-order valence-electron chi connectivity index (χ4n) is 2.94. The number of amides is 1. The van der Waals surface area contributed by atoms with Crippen LogP contribution in [0.2, 0.25) is 0 Å². The van der Waals surface area contributed by atoms with Crippen LogP contribution in [0.3, 0.4) is 0 Å². The molecule has 1 unspecified atom stereocenters. The summed E-state index contributed by atoms with van der Waals surface area (Å²) in [6.45, 7) is 1.72. The molecule has 5 heteroatoms. The largest absolute Gasteiger partial charge is 0.490 e. The molecule has 2 aliphatic rings. The van der Waals surface area contributed by atoms with Crippen molar-refractivity contribution < 1.29 is 9.53 Å². The molecule has 1 atom stereocenters. The zero-order valence-corrected chi connectivity index (χ0v) is 13.0. The number of carbonyl (C=O) groups excluding carboxylic acids is 1. The van der Waals surface area contributed by atoms with Crippen molar-refractivity contribution in [1.29, 1.82) is 0 Å². The Kier molecular flexibility index (Phi) is 5.88. The molecular weight excluding hydrogens is 288 g/mol. The fraction of sp³-hybridized carbons (Fsp3) is 0.562. The number of carbonyl (C=O) groups is 1. The van der Waals surface area contributed by atoms with E-state index in [0.717, 1.165) is 43.8 Å². The SMILES string of the molecule is Cl.O=C(Nc1ccc(OC2CCCC2)cc1)C1CCNC1. The molecule has 0 radical (unpaired) electrons. The van der Waals surface area contributed by atoms with Gasteiger partial charge in [0.15, 0.2) is 0 Å². The van der Waals surface area contributed by atoms with E-state index in [0.29, 0.717) is 6.10 Å². The molecule has 1 saturated heterocycles. The summed E-state index contributed by atoms with van der Waals surface area (Å²) in [6.07, 6.45) is 6.16. The highest BCUT2D eigenvalue weighted by atomic mass is 35.5. The van der Waals surface area contributed by atoms with E-state index < -0.39 is 0 Å². The first-order valence-corrected chi connectivity index (χ1v) is 7.59. The Morgan fingerprint density at radius 3 is 2.48 bits per heavy atom. The van der Waals surface area contributed by atoms with Gasteiger partial charge in [0.2, 0.25) is 5.91 Å². The number of benzene rings is 1. The molecule has 1 aliphatic heterocycles. The van der Waals surface area contributed by atoms with Gasteiger partial charge in [-0.25, -0.2) is 0 Å². The van der Waals surface area contributed by atoms with Gasteiger partial charge in [0.25, 0.3) is 0 Å². The lowest BCUT2D eigenvalue weighted by Crippen LogP contribution is -2.24. The van der Waals surface area contributed by atoms with E-state index in [9.17, 15) is 4.79 Å². The van der Waals surface area contributed by atoms with Crippen LogP contribution in [0.5, 0.6) is 5.75 Å². The summed E-state index contributed by atoms with van der Waals surface area (Å²) in [5.41, 5.74) is 0.848. The molecule has 1 aliphatic carbocycles. The van der Waals surface area contributed by atoms with Gasteiger partial charge < -0.3 is 15.4 Å². The molecule has 1 aromatic carbocycles. The average Bonchev–Trinajstić information content (AvgIpc) is 3.13. The topological polar surface area (TPSA) is 50.4 Å². The van der Waals surface area contributed by atoms with Gasteiger partial charge in [-0.1, -0.05) is 0 Å². The minimum atomic E-state index is 0. The van der Waals surface area contributed by atoms with E-state index in [4.69, 9.17) is 4.74 Å². The minimum absolute atomic E-state index is 0. The number of ether oxygens (including phenoxy) is 1. The second-order valence-electron chi connectivity index (χ2n) is 5.73. The molecule has 1 saturated carbocycles. The highest BCUT2D eigenvalue weighted by Crippen LogP contribution is 2.25. The van der Waals surface area contributed by atoms with Crippen LogP contribution in [0.4, 0.5) is 5.69 Å². The van der Waals surface area contributed by atoms with E-state index in [1.807, 2.05) is 24.3 Å². The van der Waals surface area contributed by atoms with Crippen LogP contribution in [0, 0.1) is 5.92 Å². The summed E-state index contributed by atoms with van der Waals surface area (Å²) in [4.78, 5) is 12.0. The van der Waals surface area contributed by atoms with E-state index >= 15 is 0 Å². The average molecular weight is 311 g/mol. The summed E-state index contributed by atoms with van der Waals surface area (Å²) in [7, 11) is 0. The van der Waals surface area contributed by atoms with Gasteiger partial charge in [0.1, 0.15) is 5.75 Å². The Balaban J connectivity index is 0.00000161. The van der Waals surface area contributed by atoms with Crippen LogP contribution >= 0.6 is 12.4 Å². The van der Waals surface area contributed by atoms with Crippen molar-refractivity contribution in [3.8, 4) is 5.75 Å². The molecular formula is C16H23ClN2O2. The third-order valence-corrected chi connectivity index (χ3v) is 4.16. The van der Waals surface area contributed by atoms with Gasteiger partial charge in [0.05, 0.1) is 12.0 Å². The minimum Gasteiger partial charge on any atom is -0.490 e. The molecule has 0 bridgehead atoms. The fourth-order valence-corrected chi connectivity index (χ4v) is 2.94. The van der Waals surface area contributed by atoms with Crippen molar-refractivity contribution in [2.75, 3.05) is 18.4 Å². The summed E-state index contributed by atoms with van der Waals surface area (Å²) in [5, 5.41) is 6.18. The van der Waals surface area contributed by atoms with Crippen LogP contribution in [-0.4, -0.2) is 25.1 Å². The molecule has 2 fully saturated rings. The van der Waals surface area contributed by atoms with E-state index in [-0.39, 0.29) is 24.2 Å². The Hall–Kier alpha value is -1.26. The van der Waals surface area contributed by atoms with Crippen LogP contribution in [0.1, 0.15) is 32.1 Å². The maximum Gasteiger partial charge on any atom is 0.228 e. The summed E-state index contributed by atoms with van der Waals surface area (Å²) in [5.74, 6) is 1.11. The van der Waals surface area contributed by atoms with Gasteiger partial charge in [-0.3, -0.25) is 4.79 Å². The zero-order valence-electron chi connectivity index (χ0n) is 12.1. The quantitative estimate of drug-likeness (QED) is 0.899. The van der Waals surface area contributed by atoms with Crippen molar-refractivity contribution in [3.63, 3.8) is 0 Å². The molecule has 0 aromatic heterocycles. The highest BCUT2D eigenvalue weighted by molar-refractivity contribution is 5.92. The maximum absolute atomic E-state index is 12.0. The summed E-state index contributed by atoms with van der Waals surface area (Å²) >= 11 is 0. The smallest absolute Gasteiger partial charge is 0.228 e. The second-order valence-corrected chi connectivity index (χ2v) is 5.73. The summed E-state index contributed by atoms with van der Waals surface area (Å²) in [6, 6.07) is 7.73. The Labute approximate surface area is 132 Å². The molecule has 4 nitrogen and oxygen atoms in total. The number of halogens is 1. The number of nitrogens with one attached hydrogen (secondary N) is 2. The lowest BCUT2D eigenvalue weighted by atomic mass is 10.1. The van der Waals surface area contributed by atoms with Gasteiger partial charge in [-0.05, 0) is 62.9 Å². The maximum atomic E-state index is 12.0. The number of anilines is 1. The van der Waals surface area contributed by atoms with Gasteiger partial charge in [-0.15, -0.1) is 12.4 Å². The van der Waals surface area contributed by atoms with Crippen molar-refractivity contribution in [3.05, 3.63) is 24.3 Å². The monoisotopic (exact) mass is 310 g/mol. The molecule has 2 N–H and O–H groups in total. The zero-order chi connectivity index (χ0) is 13.8. The van der Waals surface area contributed by atoms with E-state index in [2.05, 4.69) is 10.6 Å². The van der Waals surface area contributed by atoms with Crippen LogP contribution in [-0.2, 0) is 4.79 Å². The molecule has 1 amide bonds. The predicted octanol–water partition coefficient (Wildman–Crippen LogP) is 2.98. The summed E-state index contributed by atoms with van der Waals surface area (Å²) < 4.78 is 5.91. The Morgan fingerprint density at radius 1 is 1.14 bits per heavy atom. The third kappa shape index (κ3) is 4.35. The highest BCUT2D eigenvalue weighted by Gasteiger charge is 2.22. The Bertz CT molecular complexity index is 452. The standard InChI is InChI=1S/C16H22N2O2.ClH/c19-16(12-9-10-17-11-12)18-13-5-7-15(8-6-13)20-14-3-1-2-4-14;/h5-8,12,14,17H,1-4,9-11H2,(H,18,19);1H.